The highest BCUT2D eigenvalue weighted by atomic mass is 15.1. The fourth-order valence-electron chi connectivity index (χ4n) is 0.882. The average Bonchev–Trinajstić information content (AvgIpc) is 2.36. The van der Waals surface area contributed by atoms with Gasteiger partial charge in [-0.3, -0.25) is 0 Å². The summed E-state index contributed by atoms with van der Waals surface area (Å²) < 4.78 is 0. The molecule has 54 valence electrons. The quantitative estimate of drug-likeness (QED) is 0.520. The molecule has 0 N–H and O–H groups in total. The van der Waals surface area contributed by atoms with Crippen molar-refractivity contribution in [1.82, 2.24) is 4.90 Å². The molecule has 1 aliphatic carbocycles. The van der Waals surface area contributed by atoms with E-state index in [0.717, 1.165) is 0 Å². The van der Waals surface area contributed by atoms with E-state index in [1.54, 1.807) is 0 Å². The van der Waals surface area contributed by atoms with Gasteiger partial charge in [-0.1, -0.05) is 6.08 Å². The van der Waals surface area contributed by atoms with Crippen LogP contribution in [0.3, 0.4) is 0 Å². The second kappa shape index (κ2) is 2.87. The van der Waals surface area contributed by atoms with E-state index in [2.05, 4.69) is 37.7 Å². The molecule has 1 rings (SSSR count). The molecule has 0 radical (unpaired) electrons. The molecule has 0 spiro atoms. The summed E-state index contributed by atoms with van der Waals surface area (Å²) in [4.78, 5) is 2.17. The van der Waals surface area contributed by atoms with Crippen LogP contribution in [0.1, 0.15) is 6.92 Å². The van der Waals surface area contributed by atoms with E-state index in [-0.39, 0.29) is 0 Å². The van der Waals surface area contributed by atoms with Gasteiger partial charge in [0.1, 0.15) is 0 Å². The smallest absolute Gasteiger partial charge is 0.0386 e. The summed E-state index contributed by atoms with van der Waals surface area (Å²) in [5.41, 5.74) is 4.45. The van der Waals surface area contributed by atoms with Gasteiger partial charge in [-0.2, -0.15) is 0 Å². The number of hydrogen-bond acceptors (Lipinski definition) is 1. The minimum atomic E-state index is 0.481. The minimum absolute atomic E-state index is 0.481. The molecule has 0 bridgehead atoms. The van der Waals surface area contributed by atoms with E-state index < -0.39 is 0 Å². The lowest BCUT2D eigenvalue weighted by atomic mass is 10.1. The van der Waals surface area contributed by atoms with Gasteiger partial charge in [0.25, 0.3) is 0 Å². The Labute approximate surface area is 62.3 Å². The van der Waals surface area contributed by atoms with Crippen molar-refractivity contribution in [3.8, 4) is 0 Å². The van der Waals surface area contributed by atoms with Gasteiger partial charge >= 0.3 is 0 Å². The number of likely N-dealkylation sites (N-methyl/N-ethyl adjacent to an activating group) is 1. The van der Waals surface area contributed by atoms with E-state index in [9.17, 15) is 0 Å². The van der Waals surface area contributed by atoms with Crippen molar-refractivity contribution in [2.75, 3.05) is 14.1 Å². The lowest BCUT2D eigenvalue weighted by molar-refractivity contribution is 0.355. The zero-order chi connectivity index (χ0) is 7.56. The topological polar surface area (TPSA) is 3.24 Å². The zero-order valence-corrected chi connectivity index (χ0v) is 6.76. The molecule has 1 aliphatic rings. The van der Waals surface area contributed by atoms with Crippen LogP contribution < -0.4 is 0 Å². The highest BCUT2D eigenvalue weighted by molar-refractivity contribution is 5.32. The maximum absolute atomic E-state index is 3.18. The van der Waals surface area contributed by atoms with E-state index in [1.807, 2.05) is 12.2 Å². The largest absolute Gasteiger partial charge is 0.302 e. The average molecular weight is 135 g/mol. The lowest BCUT2D eigenvalue weighted by Gasteiger charge is -2.18. The van der Waals surface area contributed by atoms with E-state index in [4.69, 9.17) is 0 Å². The Hall–Kier alpha value is -0.780. The van der Waals surface area contributed by atoms with E-state index >= 15 is 0 Å². The van der Waals surface area contributed by atoms with Crippen LogP contribution in [0, 0.1) is 0 Å². The molecule has 0 saturated heterocycles. The summed E-state index contributed by atoms with van der Waals surface area (Å²) in [5.74, 6) is 0. The molecule has 0 aromatic rings. The molecular formula is C9H13N. The Balaban J connectivity index is 2.66. The van der Waals surface area contributed by atoms with Gasteiger partial charge < -0.3 is 4.90 Å². The van der Waals surface area contributed by atoms with E-state index in [0.29, 0.717) is 6.04 Å². The molecule has 0 fully saturated rings. The number of nitrogens with zero attached hydrogens (tertiary/aromatic N) is 1. The number of allylic oxidation sites excluding steroid dienone is 1. The Kier molecular flexibility index (Phi) is 2.10. The summed E-state index contributed by atoms with van der Waals surface area (Å²) in [6.45, 7) is 2.17. The first-order valence-corrected chi connectivity index (χ1v) is 3.51. The molecular weight excluding hydrogens is 122 g/mol. The summed E-state index contributed by atoms with van der Waals surface area (Å²) in [5, 5.41) is 0. The summed E-state index contributed by atoms with van der Waals surface area (Å²) in [6.07, 6.45) is 6.08. The maximum atomic E-state index is 3.18. The Bertz CT molecular complexity index is 205. The van der Waals surface area contributed by atoms with E-state index in [1.165, 1.54) is 5.57 Å². The van der Waals surface area contributed by atoms with Crippen molar-refractivity contribution in [3.05, 3.63) is 29.5 Å². The molecule has 0 heterocycles. The van der Waals surface area contributed by atoms with Crippen LogP contribution in [-0.4, -0.2) is 25.0 Å². The summed E-state index contributed by atoms with van der Waals surface area (Å²) in [6, 6.07) is 0.481. The predicted octanol–water partition coefficient (Wildman–Crippen LogP) is 1.59. The van der Waals surface area contributed by atoms with Crippen molar-refractivity contribution >= 4 is 0 Å². The molecule has 1 atom stereocenters. The molecule has 0 aromatic heterocycles. The normalized spacial score (nSPS) is 18.2. The van der Waals surface area contributed by atoms with Gasteiger partial charge in [0.05, 0.1) is 0 Å². The van der Waals surface area contributed by atoms with Crippen LogP contribution in [0.15, 0.2) is 29.5 Å². The van der Waals surface area contributed by atoms with Gasteiger partial charge in [0.15, 0.2) is 0 Å². The van der Waals surface area contributed by atoms with Crippen LogP contribution in [0.25, 0.3) is 0 Å². The van der Waals surface area contributed by atoms with Crippen molar-refractivity contribution in [2.45, 2.75) is 13.0 Å². The molecule has 0 unspecified atom stereocenters. The second-order valence-electron chi connectivity index (χ2n) is 2.77. The first-order valence-electron chi connectivity index (χ1n) is 3.51. The third-order valence-corrected chi connectivity index (χ3v) is 1.85. The molecule has 10 heavy (non-hydrogen) atoms. The van der Waals surface area contributed by atoms with Gasteiger partial charge in [-0.05, 0) is 33.2 Å². The van der Waals surface area contributed by atoms with Crippen LogP contribution in [-0.2, 0) is 0 Å². The number of rotatable bonds is 2. The molecule has 1 nitrogen and oxygen atoms in total. The van der Waals surface area contributed by atoms with Crippen molar-refractivity contribution < 1.29 is 0 Å². The van der Waals surface area contributed by atoms with Gasteiger partial charge in [-0.25, -0.2) is 0 Å². The maximum Gasteiger partial charge on any atom is 0.0386 e. The molecule has 0 aliphatic heterocycles. The predicted molar refractivity (Wildman–Crippen MR) is 43.9 cm³/mol. The van der Waals surface area contributed by atoms with Crippen LogP contribution >= 0.6 is 0 Å². The third kappa shape index (κ3) is 1.38. The standard InChI is InChI=1S/C9H13N/c1-8(10(2)3)9-6-4-5-7-9/h4-6,8H,1-3H3/t8-/m0/s1. The summed E-state index contributed by atoms with van der Waals surface area (Å²) in [7, 11) is 4.15. The Morgan fingerprint density at radius 3 is 2.60 bits per heavy atom. The molecule has 0 amide bonds. The third-order valence-electron chi connectivity index (χ3n) is 1.85. The van der Waals surface area contributed by atoms with Crippen molar-refractivity contribution in [1.29, 1.82) is 0 Å². The van der Waals surface area contributed by atoms with Gasteiger partial charge in [0, 0.05) is 11.6 Å². The fourth-order valence-corrected chi connectivity index (χ4v) is 0.882. The molecule has 0 saturated carbocycles. The van der Waals surface area contributed by atoms with Crippen LogP contribution in [0.2, 0.25) is 0 Å². The first kappa shape index (κ1) is 7.33. The lowest BCUT2D eigenvalue weighted by Crippen LogP contribution is -2.25. The Morgan fingerprint density at radius 2 is 2.20 bits per heavy atom. The van der Waals surface area contributed by atoms with Crippen LogP contribution in [0.4, 0.5) is 0 Å². The SMILES string of the molecule is C[C@@H](C1=C=CC=C1)N(C)C. The van der Waals surface area contributed by atoms with Crippen molar-refractivity contribution in [3.63, 3.8) is 0 Å². The van der Waals surface area contributed by atoms with Crippen LogP contribution in [0.5, 0.6) is 0 Å². The highest BCUT2D eigenvalue weighted by Crippen LogP contribution is 2.10. The summed E-state index contributed by atoms with van der Waals surface area (Å²) >= 11 is 0. The zero-order valence-electron chi connectivity index (χ0n) is 6.76. The number of hydrogen-bond donors (Lipinski definition) is 0. The van der Waals surface area contributed by atoms with Gasteiger partial charge in [0.2, 0.25) is 0 Å². The minimum Gasteiger partial charge on any atom is -0.302 e. The highest BCUT2D eigenvalue weighted by Gasteiger charge is 2.08. The first-order chi connectivity index (χ1) is 4.72. The second-order valence-corrected chi connectivity index (χ2v) is 2.77. The fraction of sp³-hybridized carbons (Fsp3) is 0.444. The Morgan fingerprint density at radius 1 is 1.50 bits per heavy atom. The van der Waals surface area contributed by atoms with Crippen molar-refractivity contribution in [2.24, 2.45) is 0 Å². The monoisotopic (exact) mass is 135 g/mol. The molecule has 1 heteroatoms. The molecule has 0 aromatic carbocycles. The van der Waals surface area contributed by atoms with Gasteiger partial charge in [-0.15, -0.1) is 5.73 Å².